The van der Waals surface area contributed by atoms with Gasteiger partial charge in [-0.25, -0.2) is 0 Å². The number of hydrogen-bond donors (Lipinski definition) is 1. The largest absolute Gasteiger partial charge is 0.329 e. The first-order valence-corrected chi connectivity index (χ1v) is 7.64. The lowest BCUT2D eigenvalue weighted by Gasteiger charge is -2.23. The van der Waals surface area contributed by atoms with Crippen molar-refractivity contribution in [3.05, 3.63) is 48.3 Å². The second-order valence-corrected chi connectivity index (χ2v) is 5.61. The van der Waals surface area contributed by atoms with Crippen LogP contribution in [0.4, 0.5) is 5.69 Å². The van der Waals surface area contributed by atoms with E-state index in [1.54, 1.807) is 0 Å². The Balaban J connectivity index is 1.92. The molecule has 0 bridgehead atoms. The van der Waals surface area contributed by atoms with Crippen LogP contribution in [0.2, 0.25) is 0 Å². The summed E-state index contributed by atoms with van der Waals surface area (Å²) in [5.74, 6) is 0.586. The van der Waals surface area contributed by atoms with Crippen molar-refractivity contribution >= 4 is 12.1 Å². The van der Waals surface area contributed by atoms with E-state index in [0.717, 1.165) is 5.69 Å². The summed E-state index contributed by atoms with van der Waals surface area (Å²) < 4.78 is 0. The summed E-state index contributed by atoms with van der Waals surface area (Å²) in [4.78, 5) is 15.1. The smallest absolute Gasteiger partial charge is 0.211 e. The maximum Gasteiger partial charge on any atom is 0.211 e. The Morgan fingerprint density at radius 3 is 2.52 bits per heavy atom. The van der Waals surface area contributed by atoms with Crippen LogP contribution in [0.1, 0.15) is 43.7 Å². The van der Waals surface area contributed by atoms with Crippen molar-refractivity contribution < 1.29 is 4.79 Å². The van der Waals surface area contributed by atoms with Crippen molar-refractivity contribution in [1.29, 1.82) is 0 Å². The molecular formula is C18H20N2O. The number of aromatic nitrogens is 1. The average molecular weight is 280 g/mol. The fourth-order valence-corrected chi connectivity index (χ4v) is 3.18. The Morgan fingerprint density at radius 2 is 1.81 bits per heavy atom. The maximum atomic E-state index is 10.5. The van der Waals surface area contributed by atoms with Gasteiger partial charge in [0.25, 0.3) is 0 Å². The monoisotopic (exact) mass is 280 g/mol. The highest BCUT2D eigenvalue weighted by atomic mass is 16.1. The number of carbonyl (C=O) groups excluding carboxylic acids is 1. The molecule has 21 heavy (non-hydrogen) atoms. The lowest BCUT2D eigenvalue weighted by Crippen LogP contribution is -2.08. The summed E-state index contributed by atoms with van der Waals surface area (Å²) in [6.45, 7) is 0. The summed E-state index contributed by atoms with van der Waals surface area (Å²) >= 11 is 0. The highest BCUT2D eigenvalue weighted by molar-refractivity contribution is 5.74. The van der Waals surface area contributed by atoms with Crippen LogP contribution in [0.25, 0.3) is 11.1 Å². The minimum atomic E-state index is 0.586. The SMILES string of the molecule is O=CNc1ccc(-c2cccnc2C2CCCCC2)cc1. The number of pyridine rings is 1. The molecule has 2 aromatic rings. The van der Waals surface area contributed by atoms with Gasteiger partial charge in [0.15, 0.2) is 0 Å². The fraction of sp³-hybridized carbons (Fsp3) is 0.333. The lowest BCUT2D eigenvalue weighted by molar-refractivity contribution is -0.105. The lowest BCUT2D eigenvalue weighted by atomic mass is 9.84. The zero-order valence-electron chi connectivity index (χ0n) is 12.1. The van der Waals surface area contributed by atoms with E-state index in [1.807, 2.05) is 24.4 Å². The number of nitrogens with zero attached hydrogens (tertiary/aromatic N) is 1. The summed E-state index contributed by atoms with van der Waals surface area (Å²) in [5.41, 5.74) is 4.44. The van der Waals surface area contributed by atoms with Gasteiger partial charge in [0.1, 0.15) is 0 Å². The van der Waals surface area contributed by atoms with E-state index in [4.69, 9.17) is 0 Å². The van der Waals surface area contributed by atoms with Gasteiger partial charge in [0.05, 0.1) is 5.69 Å². The number of anilines is 1. The summed E-state index contributed by atoms with van der Waals surface area (Å²) in [5, 5.41) is 2.67. The standard InChI is InChI=1S/C18H20N2O/c21-13-20-16-10-8-14(9-11-16)17-7-4-12-19-18(17)15-5-2-1-3-6-15/h4,7-13,15H,1-3,5-6H2,(H,20,21). The maximum absolute atomic E-state index is 10.5. The van der Waals surface area contributed by atoms with Gasteiger partial charge in [-0.3, -0.25) is 9.78 Å². The summed E-state index contributed by atoms with van der Waals surface area (Å²) in [6, 6.07) is 12.1. The topological polar surface area (TPSA) is 42.0 Å². The molecule has 1 heterocycles. The van der Waals surface area contributed by atoms with Gasteiger partial charge in [0, 0.05) is 23.4 Å². The molecule has 0 aliphatic heterocycles. The second-order valence-electron chi connectivity index (χ2n) is 5.61. The first-order valence-electron chi connectivity index (χ1n) is 7.64. The highest BCUT2D eigenvalue weighted by Gasteiger charge is 2.20. The molecule has 3 nitrogen and oxygen atoms in total. The molecule has 0 spiro atoms. The van der Waals surface area contributed by atoms with Gasteiger partial charge >= 0.3 is 0 Å². The summed E-state index contributed by atoms with van der Waals surface area (Å²) in [7, 11) is 0. The van der Waals surface area contributed by atoms with Crippen molar-refractivity contribution in [2.24, 2.45) is 0 Å². The van der Waals surface area contributed by atoms with E-state index in [1.165, 1.54) is 48.9 Å². The Morgan fingerprint density at radius 1 is 1.05 bits per heavy atom. The first-order chi connectivity index (χ1) is 10.4. The molecule has 1 amide bonds. The van der Waals surface area contributed by atoms with Crippen molar-refractivity contribution in [3.63, 3.8) is 0 Å². The van der Waals surface area contributed by atoms with E-state index < -0.39 is 0 Å². The second kappa shape index (κ2) is 6.53. The minimum Gasteiger partial charge on any atom is -0.329 e. The van der Waals surface area contributed by atoms with Crippen LogP contribution < -0.4 is 5.32 Å². The molecule has 1 aliphatic rings. The predicted molar refractivity (Wildman–Crippen MR) is 85.2 cm³/mol. The first kappa shape index (κ1) is 13.8. The predicted octanol–water partition coefficient (Wildman–Crippen LogP) is 4.36. The number of nitrogens with one attached hydrogen (secondary N) is 1. The molecule has 0 saturated heterocycles. The van der Waals surface area contributed by atoms with Crippen molar-refractivity contribution in [2.45, 2.75) is 38.0 Å². The molecule has 1 fully saturated rings. The third-order valence-corrected chi connectivity index (χ3v) is 4.25. The molecule has 0 radical (unpaired) electrons. The van der Waals surface area contributed by atoms with Crippen LogP contribution in [0, 0.1) is 0 Å². The van der Waals surface area contributed by atoms with E-state index >= 15 is 0 Å². The van der Waals surface area contributed by atoms with Crippen LogP contribution in [0.5, 0.6) is 0 Å². The summed E-state index contributed by atoms with van der Waals surface area (Å²) in [6.07, 6.45) is 9.06. The van der Waals surface area contributed by atoms with Gasteiger partial charge in [-0.15, -0.1) is 0 Å². The molecule has 0 atom stereocenters. The van der Waals surface area contributed by atoms with Crippen LogP contribution in [-0.2, 0) is 4.79 Å². The van der Waals surface area contributed by atoms with Crippen LogP contribution in [-0.4, -0.2) is 11.4 Å². The normalized spacial score (nSPS) is 15.6. The Bertz CT molecular complexity index is 601. The molecule has 108 valence electrons. The number of hydrogen-bond acceptors (Lipinski definition) is 2. The van der Waals surface area contributed by atoms with E-state index in [-0.39, 0.29) is 0 Å². The van der Waals surface area contributed by atoms with Crippen LogP contribution >= 0.6 is 0 Å². The Kier molecular flexibility index (Phi) is 4.29. The van der Waals surface area contributed by atoms with Gasteiger partial charge < -0.3 is 5.32 Å². The molecule has 1 saturated carbocycles. The van der Waals surface area contributed by atoms with Crippen molar-refractivity contribution in [2.75, 3.05) is 5.32 Å². The Hall–Kier alpha value is -2.16. The van der Waals surface area contributed by atoms with E-state index in [2.05, 4.69) is 28.5 Å². The molecule has 1 aliphatic carbocycles. The van der Waals surface area contributed by atoms with Crippen LogP contribution in [0.15, 0.2) is 42.6 Å². The third-order valence-electron chi connectivity index (χ3n) is 4.25. The minimum absolute atomic E-state index is 0.586. The quantitative estimate of drug-likeness (QED) is 0.845. The van der Waals surface area contributed by atoms with Gasteiger partial charge in [-0.05, 0) is 36.6 Å². The zero-order valence-corrected chi connectivity index (χ0v) is 12.1. The number of benzene rings is 1. The number of rotatable bonds is 4. The number of amides is 1. The average Bonchev–Trinajstić information content (AvgIpc) is 2.57. The highest BCUT2D eigenvalue weighted by Crippen LogP contribution is 2.36. The van der Waals surface area contributed by atoms with E-state index in [9.17, 15) is 4.79 Å². The van der Waals surface area contributed by atoms with Gasteiger partial charge in [-0.1, -0.05) is 37.5 Å². The molecule has 0 unspecified atom stereocenters. The molecule has 1 aromatic carbocycles. The van der Waals surface area contributed by atoms with Crippen molar-refractivity contribution in [3.8, 4) is 11.1 Å². The molecular weight excluding hydrogens is 260 g/mol. The fourth-order valence-electron chi connectivity index (χ4n) is 3.18. The van der Waals surface area contributed by atoms with Crippen LogP contribution in [0.3, 0.4) is 0 Å². The van der Waals surface area contributed by atoms with Gasteiger partial charge in [-0.2, -0.15) is 0 Å². The van der Waals surface area contributed by atoms with Crippen molar-refractivity contribution in [1.82, 2.24) is 4.98 Å². The number of carbonyl (C=O) groups is 1. The molecule has 3 heteroatoms. The van der Waals surface area contributed by atoms with E-state index in [0.29, 0.717) is 12.3 Å². The third kappa shape index (κ3) is 3.13. The zero-order chi connectivity index (χ0) is 14.5. The molecule has 1 aromatic heterocycles. The Labute approximate surface area is 125 Å². The molecule has 1 N–H and O–H groups in total. The van der Waals surface area contributed by atoms with Gasteiger partial charge in [0.2, 0.25) is 6.41 Å². The molecule has 3 rings (SSSR count).